The molecule has 1 saturated heterocycles. The molecular formula is C21H31N5O2. The number of nitrogens with one attached hydrogen (secondary N) is 1. The van der Waals surface area contributed by atoms with Gasteiger partial charge in [-0.25, -0.2) is 9.59 Å². The molecule has 2 heterocycles. The summed E-state index contributed by atoms with van der Waals surface area (Å²) in [4.78, 5) is 29.5. The molecule has 2 aliphatic rings. The van der Waals surface area contributed by atoms with E-state index >= 15 is 0 Å². The van der Waals surface area contributed by atoms with Crippen molar-refractivity contribution in [1.82, 2.24) is 18.9 Å². The molecule has 28 heavy (non-hydrogen) atoms. The average Bonchev–Trinajstić information content (AvgIpc) is 2.93. The number of carbonyl (C=O) groups excluding carboxylic acids is 1. The molecule has 4 rings (SSSR count). The van der Waals surface area contributed by atoms with Crippen LogP contribution >= 0.6 is 0 Å². The van der Waals surface area contributed by atoms with Crippen molar-refractivity contribution in [3.05, 3.63) is 28.2 Å². The molecule has 1 aromatic carbocycles. The van der Waals surface area contributed by atoms with Crippen LogP contribution in [0.2, 0.25) is 0 Å². The minimum absolute atomic E-state index is 0.0494. The van der Waals surface area contributed by atoms with Crippen molar-refractivity contribution >= 4 is 22.8 Å². The molecule has 1 N–H and O–H groups in total. The number of fused-ring (bicyclic) bond motifs is 1. The van der Waals surface area contributed by atoms with E-state index in [0.29, 0.717) is 6.04 Å². The van der Waals surface area contributed by atoms with Crippen LogP contribution in [-0.4, -0.2) is 57.2 Å². The third kappa shape index (κ3) is 3.43. The fraction of sp³-hybridized carbons (Fsp3) is 0.619. The van der Waals surface area contributed by atoms with Gasteiger partial charge in [-0.2, -0.15) is 0 Å². The van der Waals surface area contributed by atoms with Crippen LogP contribution in [0.25, 0.3) is 11.0 Å². The highest BCUT2D eigenvalue weighted by molar-refractivity contribution is 5.93. The van der Waals surface area contributed by atoms with Crippen LogP contribution in [0.4, 0.5) is 10.5 Å². The van der Waals surface area contributed by atoms with Gasteiger partial charge in [-0.1, -0.05) is 19.3 Å². The van der Waals surface area contributed by atoms with Crippen molar-refractivity contribution in [2.75, 3.05) is 31.5 Å². The lowest BCUT2D eigenvalue weighted by Gasteiger charge is -2.40. The maximum Gasteiger partial charge on any atom is 0.328 e. The Morgan fingerprint density at radius 3 is 2.21 bits per heavy atom. The second kappa shape index (κ2) is 7.62. The van der Waals surface area contributed by atoms with Crippen molar-refractivity contribution in [3.63, 3.8) is 0 Å². The van der Waals surface area contributed by atoms with E-state index in [1.165, 1.54) is 32.1 Å². The third-order valence-corrected chi connectivity index (χ3v) is 6.55. The number of amides is 2. The summed E-state index contributed by atoms with van der Waals surface area (Å²) in [6.07, 6.45) is 6.67. The predicted molar refractivity (Wildman–Crippen MR) is 112 cm³/mol. The number of aryl methyl sites for hydroxylation is 3. The normalized spacial score (nSPS) is 19.3. The fourth-order valence-corrected chi connectivity index (χ4v) is 4.71. The summed E-state index contributed by atoms with van der Waals surface area (Å²) in [5.41, 5.74) is 3.38. The van der Waals surface area contributed by atoms with Crippen LogP contribution in [0, 0.1) is 6.92 Å². The highest BCUT2D eigenvalue weighted by Crippen LogP contribution is 2.25. The molecule has 0 bridgehead atoms. The zero-order valence-electron chi connectivity index (χ0n) is 17.2. The van der Waals surface area contributed by atoms with Crippen LogP contribution in [0.3, 0.4) is 0 Å². The molecule has 1 aliphatic heterocycles. The Morgan fingerprint density at radius 2 is 1.57 bits per heavy atom. The minimum Gasteiger partial charge on any atom is -0.322 e. The summed E-state index contributed by atoms with van der Waals surface area (Å²) in [5, 5.41) is 3.07. The Balaban J connectivity index is 1.43. The van der Waals surface area contributed by atoms with E-state index in [9.17, 15) is 9.59 Å². The first-order valence-electron chi connectivity index (χ1n) is 10.4. The number of benzene rings is 1. The molecule has 2 amide bonds. The Kier molecular flexibility index (Phi) is 5.19. The van der Waals surface area contributed by atoms with Gasteiger partial charge in [0.15, 0.2) is 0 Å². The predicted octanol–water partition coefficient (Wildman–Crippen LogP) is 2.67. The van der Waals surface area contributed by atoms with Crippen LogP contribution in [0.15, 0.2) is 16.9 Å². The van der Waals surface area contributed by atoms with E-state index in [4.69, 9.17) is 0 Å². The average molecular weight is 386 g/mol. The van der Waals surface area contributed by atoms with E-state index in [1.807, 2.05) is 24.0 Å². The van der Waals surface area contributed by atoms with Crippen molar-refractivity contribution in [2.24, 2.45) is 14.1 Å². The minimum atomic E-state index is -0.0586. The second-order valence-corrected chi connectivity index (χ2v) is 8.30. The van der Waals surface area contributed by atoms with Crippen LogP contribution in [0.5, 0.6) is 0 Å². The summed E-state index contributed by atoms with van der Waals surface area (Å²) >= 11 is 0. The molecule has 152 valence electrons. The number of piperazine rings is 1. The maximum absolute atomic E-state index is 12.8. The molecule has 7 heteroatoms. The summed E-state index contributed by atoms with van der Waals surface area (Å²) < 4.78 is 3.26. The molecule has 1 aromatic heterocycles. The quantitative estimate of drug-likeness (QED) is 0.865. The SMILES string of the molecule is Cc1cc2c(cc1NC(=O)N1CCN(C3CCCCC3)CC1)n(C)c(=O)n2C. The molecule has 2 fully saturated rings. The maximum atomic E-state index is 12.8. The van der Waals surface area contributed by atoms with Crippen LogP contribution in [-0.2, 0) is 14.1 Å². The largest absolute Gasteiger partial charge is 0.328 e. The second-order valence-electron chi connectivity index (χ2n) is 8.30. The standard InChI is InChI=1S/C21H31N5O2/c1-15-13-18-19(24(3)21(28)23(18)2)14-17(15)22-20(27)26-11-9-25(10-12-26)16-7-5-4-6-8-16/h13-14,16H,4-12H2,1-3H3,(H,22,27). The van der Waals surface area contributed by atoms with E-state index in [2.05, 4.69) is 10.2 Å². The number of aromatic nitrogens is 2. The number of hydrogen-bond acceptors (Lipinski definition) is 3. The molecule has 0 atom stereocenters. The first-order chi connectivity index (χ1) is 13.5. The number of nitrogens with zero attached hydrogens (tertiary/aromatic N) is 4. The van der Waals surface area contributed by atoms with Crippen LogP contribution in [0.1, 0.15) is 37.7 Å². The third-order valence-electron chi connectivity index (χ3n) is 6.55. The van der Waals surface area contributed by atoms with Gasteiger partial charge in [-0.3, -0.25) is 14.0 Å². The van der Waals surface area contributed by atoms with E-state index in [1.54, 1.807) is 23.2 Å². The van der Waals surface area contributed by atoms with Crippen molar-refractivity contribution in [3.8, 4) is 0 Å². The van der Waals surface area contributed by atoms with Crippen LogP contribution < -0.4 is 11.0 Å². The van der Waals surface area contributed by atoms with Gasteiger partial charge in [0.05, 0.1) is 11.0 Å². The molecule has 1 saturated carbocycles. The molecule has 0 radical (unpaired) electrons. The Labute approximate surface area is 165 Å². The monoisotopic (exact) mass is 385 g/mol. The van der Waals surface area contributed by atoms with Gasteiger partial charge in [0.2, 0.25) is 0 Å². The lowest BCUT2D eigenvalue weighted by Crippen LogP contribution is -2.53. The number of hydrogen-bond donors (Lipinski definition) is 1. The molecule has 1 aliphatic carbocycles. The van der Waals surface area contributed by atoms with E-state index in [-0.39, 0.29) is 11.7 Å². The first-order valence-corrected chi connectivity index (χ1v) is 10.4. The molecule has 7 nitrogen and oxygen atoms in total. The zero-order chi connectivity index (χ0) is 19.8. The van der Waals surface area contributed by atoms with Gasteiger partial charge in [-0.05, 0) is 37.5 Å². The van der Waals surface area contributed by atoms with Gasteiger partial charge in [0.25, 0.3) is 0 Å². The highest BCUT2D eigenvalue weighted by Gasteiger charge is 2.27. The van der Waals surface area contributed by atoms with Gasteiger partial charge >= 0.3 is 11.7 Å². The molecule has 0 unspecified atom stereocenters. The number of carbonyl (C=O) groups is 1. The summed E-state index contributed by atoms with van der Waals surface area (Å²) in [6, 6.07) is 4.53. The van der Waals surface area contributed by atoms with Gasteiger partial charge in [0.1, 0.15) is 0 Å². The fourth-order valence-electron chi connectivity index (χ4n) is 4.71. The summed E-state index contributed by atoms with van der Waals surface area (Å²) in [5.74, 6) is 0. The Hall–Kier alpha value is -2.28. The Bertz CT molecular complexity index is 930. The van der Waals surface area contributed by atoms with Gasteiger partial charge < -0.3 is 10.2 Å². The Morgan fingerprint density at radius 1 is 0.964 bits per heavy atom. The highest BCUT2D eigenvalue weighted by atomic mass is 16.2. The smallest absolute Gasteiger partial charge is 0.322 e. The van der Waals surface area contributed by atoms with E-state index < -0.39 is 0 Å². The summed E-state index contributed by atoms with van der Waals surface area (Å²) in [7, 11) is 3.53. The van der Waals surface area contributed by atoms with Crippen molar-refractivity contribution in [1.29, 1.82) is 0 Å². The number of rotatable bonds is 2. The van der Waals surface area contributed by atoms with E-state index in [0.717, 1.165) is 48.5 Å². The number of imidazole rings is 1. The molecule has 2 aromatic rings. The zero-order valence-corrected chi connectivity index (χ0v) is 17.2. The number of urea groups is 1. The van der Waals surface area contributed by atoms with Gasteiger partial charge in [0, 0.05) is 52.0 Å². The summed E-state index contributed by atoms with van der Waals surface area (Å²) in [6.45, 7) is 5.43. The lowest BCUT2D eigenvalue weighted by molar-refractivity contribution is 0.0943. The first kappa shape index (κ1) is 19.1. The number of anilines is 1. The molecule has 0 spiro atoms. The lowest BCUT2D eigenvalue weighted by atomic mass is 9.94. The van der Waals surface area contributed by atoms with Crippen molar-refractivity contribution in [2.45, 2.75) is 45.1 Å². The molecular weight excluding hydrogens is 354 g/mol. The van der Waals surface area contributed by atoms with Gasteiger partial charge in [-0.15, -0.1) is 0 Å². The van der Waals surface area contributed by atoms with Crippen molar-refractivity contribution < 1.29 is 4.79 Å². The topological polar surface area (TPSA) is 62.5 Å².